The SMILES string of the molecule is Cc1cccc(N2CCC(CC(=O)O)OC2=O)c1. The lowest BCUT2D eigenvalue weighted by molar-refractivity contribution is -0.139. The van der Waals surface area contributed by atoms with Crippen LogP contribution in [0.3, 0.4) is 0 Å². The predicted octanol–water partition coefficient (Wildman–Crippen LogP) is 2.19. The van der Waals surface area contributed by atoms with Crippen LogP contribution in [-0.2, 0) is 9.53 Å². The van der Waals surface area contributed by atoms with Gasteiger partial charge >= 0.3 is 12.1 Å². The van der Waals surface area contributed by atoms with Crippen molar-refractivity contribution < 1.29 is 19.4 Å². The zero-order valence-electron chi connectivity index (χ0n) is 10.1. The fourth-order valence-corrected chi connectivity index (χ4v) is 2.00. The van der Waals surface area contributed by atoms with Crippen molar-refractivity contribution in [3.63, 3.8) is 0 Å². The molecule has 5 nitrogen and oxygen atoms in total. The van der Waals surface area contributed by atoms with Gasteiger partial charge in [0.05, 0.1) is 6.42 Å². The number of carbonyl (C=O) groups excluding carboxylic acids is 1. The normalized spacial score (nSPS) is 19.5. The fraction of sp³-hybridized carbons (Fsp3) is 0.385. The van der Waals surface area contributed by atoms with Crippen molar-refractivity contribution in [2.24, 2.45) is 0 Å². The van der Waals surface area contributed by atoms with E-state index in [1.54, 1.807) is 0 Å². The Kier molecular flexibility index (Phi) is 3.50. The average molecular weight is 249 g/mol. The lowest BCUT2D eigenvalue weighted by atomic mass is 10.1. The van der Waals surface area contributed by atoms with Crippen molar-refractivity contribution in [1.29, 1.82) is 0 Å². The summed E-state index contributed by atoms with van der Waals surface area (Å²) in [6.07, 6.45) is -0.589. The van der Waals surface area contributed by atoms with Crippen LogP contribution < -0.4 is 4.90 Å². The Labute approximate surface area is 105 Å². The van der Waals surface area contributed by atoms with E-state index in [1.807, 2.05) is 31.2 Å². The Bertz CT molecular complexity index is 472. The number of nitrogens with zero attached hydrogens (tertiary/aromatic N) is 1. The van der Waals surface area contributed by atoms with Gasteiger partial charge in [0.25, 0.3) is 0 Å². The zero-order chi connectivity index (χ0) is 13.1. The van der Waals surface area contributed by atoms with Gasteiger partial charge in [0.1, 0.15) is 6.10 Å². The first-order valence-corrected chi connectivity index (χ1v) is 5.83. The number of rotatable bonds is 3. The highest BCUT2D eigenvalue weighted by Gasteiger charge is 2.29. The molecule has 1 fully saturated rings. The Morgan fingerprint density at radius 1 is 1.56 bits per heavy atom. The van der Waals surface area contributed by atoms with Gasteiger partial charge in [0.2, 0.25) is 0 Å². The molecule has 1 unspecified atom stereocenters. The number of anilines is 1. The van der Waals surface area contributed by atoms with Crippen molar-refractivity contribution in [3.8, 4) is 0 Å². The predicted molar refractivity (Wildman–Crippen MR) is 65.7 cm³/mol. The molecule has 1 aliphatic rings. The van der Waals surface area contributed by atoms with Crippen molar-refractivity contribution in [2.45, 2.75) is 25.9 Å². The minimum atomic E-state index is -0.947. The number of benzene rings is 1. The monoisotopic (exact) mass is 249 g/mol. The summed E-state index contributed by atoms with van der Waals surface area (Å²) in [5, 5.41) is 8.67. The molecule has 0 aliphatic carbocycles. The lowest BCUT2D eigenvalue weighted by Gasteiger charge is -2.31. The number of aliphatic carboxylic acids is 1. The molecule has 5 heteroatoms. The second-order valence-electron chi connectivity index (χ2n) is 4.38. The fourth-order valence-electron chi connectivity index (χ4n) is 2.00. The van der Waals surface area contributed by atoms with E-state index in [0.29, 0.717) is 13.0 Å². The molecule has 1 N–H and O–H groups in total. The number of ether oxygens (including phenoxy) is 1. The van der Waals surface area contributed by atoms with E-state index < -0.39 is 18.2 Å². The number of carbonyl (C=O) groups is 2. The lowest BCUT2D eigenvalue weighted by Crippen LogP contribution is -2.42. The van der Waals surface area contributed by atoms with Crippen LogP contribution >= 0.6 is 0 Å². The number of hydrogen-bond acceptors (Lipinski definition) is 3. The van der Waals surface area contributed by atoms with Crippen LogP contribution in [0.25, 0.3) is 0 Å². The number of carboxylic acid groups (broad SMARTS) is 1. The van der Waals surface area contributed by atoms with Crippen LogP contribution in [0.2, 0.25) is 0 Å². The summed E-state index contributed by atoms with van der Waals surface area (Å²) in [6.45, 7) is 2.44. The van der Waals surface area contributed by atoms with Crippen molar-refractivity contribution in [1.82, 2.24) is 0 Å². The minimum Gasteiger partial charge on any atom is -0.481 e. The van der Waals surface area contributed by atoms with E-state index in [9.17, 15) is 9.59 Å². The van der Waals surface area contributed by atoms with E-state index in [2.05, 4.69) is 0 Å². The van der Waals surface area contributed by atoms with E-state index in [1.165, 1.54) is 4.90 Å². The smallest absolute Gasteiger partial charge is 0.414 e. The molecule has 96 valence electrons. The van der Waals surface area contributed by atoms with Gasteiger partial charge in [-0.1, -0.05) is 12.1 Å². The van der Waals surface area contributed by atoms with Crippen molar-refractivity contribution >= 4 is 17.7 Å². The number of aryl methyl sites for hydroxylation is 1. The Morgan fingerprint density at radius 3 is 2.94 bits per heavy atom. The molecule has 0 saturated carbocycles. The summed E-state index contributed by atoms with van der Waals surface area (Å²) in [7, 11) is 0. The summed E-state index contributed by atoms with van der Waals surface area (Å²) in [5.41, 5.74) is 1.85. The molecule has 0 bridgehead atoms. The van der Waals surface area contributed by atoms with Crippen LogP contribution in [0.4, 0.5) is 10.5 Å². The van der Waals surface area contributed by atoms with Gasteiger partial charge in [-0.05, 0) is 24.6 Å². The third kappa shape index (κ3) is 2.80. The molecule has 0 radical (unpaired) electrons. The van der Waals surface area contributed by atoms with Gasteiger partial charge in [-0.15, -0.1) is 0 Å². The minimum absolute atomic E-state index is 0.132. The molecular weight excluding hydrogens is 234 g/mol. The quantitative estimate of drug-likeness (QED) is 0.891. The van der Waals surface area contributed by atoms with Gasteiger partial charge < -0.3 is 9.84 Å². The summed E-state index contributed by atoms with van der Waals surface area (Å²) >= 11 is 0. The molecule has 1 aromatic carbocycles. The van der Waals surface area contributed by atoms with E-state index in [0.717, 1.165) is 11.3 Å². The summed E-state index contributed by atoms with van der Waals surface area (Å²) < 4.78 is 5.11. The van der Waals surface area contributed by atoms with Gasteiger partial charge in [-0.3, -0.25) is 9.69 Å². The van der Waals surface area contributed by atoms with E-state index in [-0.39, 0.29) is 6.42 Å². The van der Waals surface area contributed by atoms with Gasteiger partial charge in [-0.2, -0.15) is 0 Å². The highest BCUT2D eigenvalue weighted by Crippen LogP contribution is 2.23. The van der Waals surface area contributed by atoms with Crippen LogP contribution in [0, 0.1) is 6.92 Å². The van der Waals surface area contributed by atoms with Crippen molar-refractivity contribution in [2.75, 3.05) is 11.4 Å². The topological polar surface area (TPSA) is 66.8 Å². The largest absolute Gasteiger partial charge is 0.481 e. The third-order valence-corrected chi connectivity index (χ3v) is 2.88. The Morgan fingerprint density at radius 2 is 2.33 bits per heavy atom. The molecule has 18 heavy (non-hydrogen) atoms. The third-order valence-electron chi connectivity index (χ3n) is 2.88. The van der Waals surface area contributed by atoms with Crippen LogP contribution in [0.15, 0.2) is 24.3 Å². The molecule has 1 heterocycles. The Hall–Kier alpha value is -2.04. The standard InChI is InChI=1S/C13H15NO4/c1-9-3-2-4-10(7-9)14-6-5-11(8-12(15)16)18-13(14)17/h2-4,7,11H,5-6,8H2,1H3,(H,15,16). The highest BCUT2D eigenvalue weighted by atomic mass is 16.6. The van der Waals surface area contributed by atoms with Crippen LogP contribution in [0.5, 0.6) is 0 Å². The molecule has 1 aromatic rings. The highest BCUT2D eigenvalue weighted by molar-refractivity contribution is 5.88. The first-order chi connectivity index (χ1) is 8.56. The maximum atomic E-state index is 11.8. The number of cyclic esters (lactones) is 1. The average Bonchev–Trinajstić information content (AvgIpc) is 2.28. The molecule has 1 aliphatic heterocycles. The first-order valence-electron chi connectivity index (χ1n) is 5.83. The molecule has 1 saturated heterocycles. The number of hydrogen-bond donors (Lipinski definition) is 1. The van der Waals surface area contributed by atoms with Crippen LogP contribution in [0.1, 0.15) is 18.4 Å². The molecule has 2 rings (SSSR count). The summed E-state index contributed by atoms with van der Waals surface area (Å²) in [5.74, 6) is -0.947. The number of amides is 1. The molecule has 1 amide bonds. The summed E-state index contributed by atoms with van der Waals surface area (Å²) in [6, 6.07) is 7.57. The number of carboxylic acids is 1. The van der Waals surface area contributed by atoms with Crippen molar-refractivity contribution in [3.05, 3.63) is 29.8 Å². The maximum Gasteiger partial charge on any atom is 0.414 e. The van der Waals surface area contributed by atoms with E-state index >= 15 is 0 Å². The molecule has 0 aromatic heterocycles. The molecular formula is C13H15NO4. The zero-order valence-corrected chi connectivity index (χ0v) is 10.1. The second kappa shape index (κ2) is 5.08. The molecule has 0 spiro atoms. The summed E-state index contributed by atoms with van der Waals surface area (Å²) in [4.78, 5) is 23.9. The van der Waals surface area contributed by atoms with Gasteiger partial charge in [0.15, 0.2) is 0 Å². The van der Waals surface area contributed by atoms with E-state index in [4.69, 9.17) is 9.84 Å². The first kappa shape index (κ1) is 12.4. The van der Waals surface area contributed by atoms with Crippen LogP contribution in [-0.4, -0.2) is 29.8 Å². The van der Waals surface area contributed by atoms with Gasteiger partial charge in [0, 0.05) is 18.7 Å². The molecule has 1 atom stereocenters. The van der Waals surface area contributed by atoms with Gasteiger partial charge in [-0.25, -0.2) is 4.79 Å². The Balaban J connectivity index is 2.06. The second-order valence-corrected chi connectivity index (χ2v) is 4.38. The maximum absolute atomic E-state index is 11.8.